The van der Waals surface area contributed by atoms with E-state index in [4.69, 9.17) is 33.3 Å². The number of amides is 2. The number of aliphatic hydroxyl groups is 10. The maximum Gasteiger partial charge on any atom is 0.333 e. The summed E-state index contributed by atoms with van der Waals surface area (Å²) in [5, 5.41) is 104. The summed E-state index contributed by atoms with van der Waals surface area (Å²) in [7, 11) is 0. The second kappa shape index (κ2) is 18.7. The van der Waals surface area contributed by atoms with Gasteiger partial charge in [0.15, 0.2) is 18.9 Å². The number of rotatable bonds is 14. The maximum absolute atomic E-state index is 12.3. The number of carbonyl (C=O) groups is 3. The van der Waals surface area contributed by atoms with Crippen molar-refractivity contribution in [1.82, 2.24) is 9.96 Å². The molecule has 22 heteroatoms. The van der Waals surface area contributed by atoms with Crippen molar-refractivity contribution in [3.8, 4) is 0 Å². The molecule has 5 aliphatic heterocycles. The van der Waals surface area contributed by atoms with E-state index in [1.165, 1.54) is 0 Å². The van der Waals surface area contributed by atoms with Crippen LogP contribution < -0.4 is 0 Å². The van der Waals surface area contributed by atoms with Gasteiger partial charge in [0.2, 0.25) is 0 Å². The molecule has 0 spiro atoms. The molecule has 15 atom stereocenters. The van der Waals surface area contributed by atoms with Crippen molar-refractivity contribution < 1.29 is 98.7 Å². The molecule has 0 bridgehead atoms. The van der Waals surface area contributed by atoms with E-state index in [0.29, 0.717) is 37.5 Å². The Balaban J connectivity index is 1.17. The minimum atomic E-state index is -1.88. The Morgan fingerprint density at radius 3 is 1.77 bits per heavy atom. The van der Waals surface area contributed by atoms with Gasteiger partial charge in [-0.2, -0.15) is 0 Å². The summed E-state index contributed by atoms with van der Waals surface area (Å²) >= 11 is 0. The third kappa shape index (κ3) is 9.85. The Morgan fingerprint density at radius 2 is 1.19 bits per heavy atom. The smallest absolute Gasteiger partial charge is 0.333 e. The second-order valence-electron chi connectivity index (χ2n) is 13.8. The lowest BCUT2D eigenvalue weighted by Crippen LogP contribution is -2.65. The van der Waals surface area contributed by atoms with Crippen molar-refractivity contribution >= 4 is 17.8 Å². The van der Waals surface area contributed by atoms with Crippen LogP contribution in [0.25, 0.3) is 0 Å². The molecule has 10 N–H and O–H groups in total. The first-order valence-corrected chi connectivity index (χ1v) is 17.5. The van der Waals surface area contributed by atoms with E-state index in [1.807, 2.05) is 4.90 Å². The van der Waals surface area contributed by atoms with Crippen LogP contribution in [0, 0.1) is 5.92 Å². The largest absolute Gasteiger partial charge is 0.394 e. The van der Waals surface area contributed by atoms with Gasteiger partial charge in [0.1, 0.15) is 73.2 Å². The third-order valence-electron chi connectivity index (χ3n) is 10.1. The summed E-state index contributed by atoms with van der Waals surface area (Å²) in [6, 6.07) is 0. The van der Waals surface area contributed by atoms with Crippen LogP contribution in [-0.4, -0.2) is 217 Å². The molecule has 5 fully saturated rings. The maximum atomic E-state index is 12.3. The average Bonchev–Trinajstić information content (AvgIpc) is 3.46. The minimum Gasteiger partial charge on any atom is -0.394 e. The number of piperidine rings is 1. The van der Waals surface area contributed by atoms with Gasteiger partial charge in [-0.05, 0) is 31.8 Å². The number of hydrogen-bond acceptors (Lipinski definition) is 21. The highest BCUT2D eigenvalue weighted by Gasteiger charge is 2.52. The van der Waals surface area contributed by atoms with Crippen LogP contribution in [0.1, 0.15) is 32.1 Å². The molecule has 0 radical (unpaired) electrons. The van der Waals surface area contributed by atoms with E-state index < -0.39 is 130 Å². The molecule has 0 aromatic heterocycles. The van der Waals surface area contributed by atoms with E-state index in [2.05, 4.69) is 0 Å². The van der Waals surface area contributed by atoms with Crippen molar-refractivity contribution in [2.75, 3.05) is 46.1 Å². The fraction of sp³-hybridized carbons (Fsp3) is 0.903. The fourth-order valence-electron chi connectivity index (χ4n) is 6.81. The quantitative estimate of drug-likeness (QED) is 0.0734. The standard InChI is InChI=1S/C31H50N2O20/c34-10-14-20(39)23(42)25(44)29(49-14)48-12-16-22(41)28(52-31-26(45)24(43)21(40)15(11-35)50-31)27(46)30(51-16)47-8-7-32-5-3-13(4-6-32)9-19(38)53-33-17(36)1-2-18(33)37/h13-16,20-31,34-35,39-46H,1-12H2/t14-,15-,16-,20-,21-,22-,23+,24+,25+,26+,27+,28+,29+,30-,31-/m1/s1. The molecular formula is C31H50N2O20. The summed E-state index contributed by atoms with van der Waals surface area (Å²) in [6.45, 7) is -0.696. The Kier molecular flexibility index (Phi) is 14.9. The average molecular weight is 771 g/mol. The molecule has 5 rings (SSSR count). The van der Waals surface area contributed by atoms with Gasteiger partial charge in [-0.3, -0.25) is 9.59 Å². The summed E-state index contributed by atoms with van der Waals surface area (Å²) in [5.74, 6) is -1.84. The van der Waals surface area contributed by atoms with Gasteiger partial charge in [0.25, 0.3) is 11.8 Å². The molecule has 2 amide bonds. The topological polar surface area (TPSA) is 325 Å². The van der Waals surface area contributed by atoms with E-state index in [1.54, 1.807) is 0 Å². The van der Waals surface area contributed by atoms with Crippen LogP contribution in [0.3, 0.4) is 0 Å². The summed E-state index contributed by atoms with van der Waals surface area (Å²) < 4.78 is 33.6. The number of hydroxylamine groups is 2. The minimum absolute atomic E-state index is 0.00140. The number of imide groups is 1. The highest BCUT2D eigenvalue weighted by atomic mass is 16.8. The molecule has 53 heavy (non-hydrogen) atoms. The number of hydrogen-bond donors (Lipinski definition) is 10. The molecule has 0 aliphatic carbocycles. The van der Waals surface area contributed by atoms with Gasteiger partial charge in [0.05, 0.1) is 32.8 Å². The fourth-order valence-corrected chi connectivity index (χ4v) is 6.81. The summed E-state index contributed by atoms with van der Waals surface area (Å²) in [6.07, 6.45) is -23.5. The van der Waals surface area contributed by atoms with Crippen molar-refractivity contribution in [1.29, 1.82) is 0 Å². The van der Waals surface area contributed by atoms with E-state index in [0.717, 1.165) is 0 Å². The van der Waals surface area contributed by atoms with Gasteiger partial charge >= 0.3 is 5.97 Å². The Hall–Kier alpha value is -2.07. The molecular weight excluding hydrogens is 720 g/mol. The molecule has 5 heterocycles. The number of carbonyl (C=O) groups excluding carboxylic acids is 3. The zero-order valence-electron chi connectivity index (χ0n) is 28.7. The number of likely N-dealkylation sites (tertiary alicyclic amines) is 1. The second-order valence-corrected chi connectivity index (χ2v) is 13.8. The van der Waals surface area contributed by atoms with Gasteiger partial charge in [-0.25, -0.2) is 4.79 Å². The zero-order valence-corrected chi connectivity index (χ0v) is 28.7. The molecule has 0 unspecified atom stereocenters. The Labute approximate surface area is 302 Å². The van der Waals surface area contributed by atoms with Crippen LogP contribution in [0.2, 0.25) is 0 Å². The lowest BCUT2D eigenvalue weighted by molar-refractivity contribution is -0.366. The number of ether oxygens (including phenoxy) is 6. The van der Waals surface area contributed by atoms with Crippen molar-refractivity contribution in [3.63, 3.8) is 0 Å². The monoisotopic (exact) mass is 770 g/mol. The lowest BCUT2D eigenvalue weighted by Gasteiger charge is -2.46. The first-order chi connectivity index (χ1) is 25.2. The van der Waals surface area contributed by atoms with Gasteiger partial charge < -0.3 is 89.2 Å². The highest BCUT2D eigenvalue weighted by Crippen LogP contribution is 2.31. The van der Waals surface area contributed by atoms with Crippen LogP contribution in [0.15, 0.2) is 0 Å². The van der Waals surface area contributed by atoms with E-state index in [9.17, 15) is 65.4 Å². The van der Waals surface area contributed by atoms with Gasteiger partial charge in [-0.15, -0.1) is 5.06 Å². The molecule has 5 aliphatic rings. The van der Waals surface area contributed by atoms with Crippen molar-refractivity contribution in [2.45, 2.75) is 124 Å². The van der Waals surface area contributed by atoms with Crippen molar-refractivity contribution in [2.24, 2.45) is 5.92 Å². The summed E-state index contributed by atoms with van der Waals surface area (Å²) in [4.78, 5) is 42.7. The van der Waals surface area contributed by atoms with Crippen LogP contribution in [-0.2, 0) is 47.6 Å². The molecule has 22 nitrogen and oxygen atoms in total. The predicted octanol–water partition coefficient (Wildman–Crippen LogP) is -6.84. The first kappa shape index (κ1) is 42.1. The summed E-state index contributed by atoms with van der Waals surface area (Å²) in [5.41, 5.74) is 0. The zero-order chi connectivity index (χ0) is 38.6. The van der Waals surface area contributed by atoms with E-state index in [-0.39, 0.29) is 31.8 Å². The first-order valence-electron chi connectivity index (χ1n) is 17.5. The molecule has 0 aromatic carbocycles. The van der Waals surface area contributed by atoms with Gasteiger partial charge in [0, 0.05) is 19.4 Å². The lowest BCUT2D eigenvalue weighted by atomic mass is 9.94. The Bertz CT molecular complexity index is 1210. The van der Waals surface area contributed by atoms with Crippen LogP contribution in [0.5, 0.6) is 0 Å². The third-order valence-corrected chi connectivity index (χ3v) is 10.1. The number of nitrogens with zero attached hydrogens (tertiary/aromatic N) is 2. The van der Waals surface area contributed by atoms with Crippen LogP contribution >= 0.6 is 0 Å². The van der Waals surface area contributed by atoms with Gasteiger partial charge in [-0.1, -0.05) is 0 Å². The molecule has 304 valence electrons. The Morgan fingerprint density at radius 1 is 0.660 bits per heavy atom. The highest BCUT2D eigenvalue weighted by molar-refractivity contribution is 6.01. The number of aliphatic hydroxyl groups excluding tert-OH is 10. The molecule has 0 aromatic rings. The van der Waals surface area contributed by atoms with Crippen molar-refractivity contribution in [3.05, 3.63) is 0 Å². The van der Waals surface area contributed by atoms with Crippen LogP contribution in [0.4, 0.5) is 0 Å². The van der Waals surface area contributed by atoms with E-state index >= 15 is 0 Å². The normalized spacial score (nSPS) is 41.9. The molecule has 5 saturated heterocycles. The SMILES string of the molecule is O=C(CC1CCN(CCO[C@@H]2O[C@H](CO[C@H]3O[C@H](CO)[C@@H](O)[C@H](O)[C@@H]3O)[C@@H](O)[C@H](O[C@H]3O[C@H](CO)[C@@H](O)[C@H](O)[C@@H]3O)[C@@H]2O)CC1)ON1C(=O)CCC1=O. The predicted molar refractivity (Wildman–Crippen MR) is 166 cm³/mol. The molecule has 0 saturated carbocycles.